The Balaban J connectivity index is 1.35. The van der Waals surface area contributed by atoms with Gasteiger partial charge in [0, 0.05) is 31.5 Å². The van der Waals surface area contributed by atoms with Crippen LogP contribution in [0.4, 0.5) is 0 Å². The van der Waals surface area contributed by atoms with Crippen molar-refractivity contribution < 1.29 is 5.11 Å². The predicted molar refractivity (Wildman–Crippen MR) is 83.1 cm³/mol. The summed E-state index contributed by atoms with van der Waals surface area (Å²) in [6.45, 7) is 6.75. The van der Waals surface area contributed by atoms with Crippen LogP contribution in [0.15, 0.2) is 18.7 Å². The second-order valence-electron chi connectivity index (χ2n) is 6.52. The lowest BCUT2D eigenvalue weighted by molar-refractivity contribution is 0.0251. The molecule has 5 nitrogen and oxygen atoms in total. The smallest absolute Gasteiger partial charge is 0.0945 e. The van der Waals surface area contributed by atoms with E-state index in [9.17, 15) is 5.11 Å². The molecule has 0 spiro atoms. The highest BCUT2D eigenvalue weighted by molar-refractivity contribution is 4.83. The van der Waals surface area contributed by atoms with Crippen LogP contribution in [0.3, 0.4) is 0 Å². The summed E-state index contributed by atoms with van der Waals surface area (Å²) in [4.78, 5) is 9.19. The lowest BCUT2D eigenvalue weighted by Crippen LogP contribution is -2.49. The number of nitrogens with zero attached hydrogens (tertiary/aromatic N) is 4. The van der Waals surface area contributed by atoms with E-state index in [1.165, 1.54) is 45.4 Å². The van der Waals surface area contributed by atoms with Crippen molar-refractivity contribution >= 4 is 0 Å². The van der Waals surface area contributed by atoms with Gasteiger partial charge in [-0.3, -0.25) is 4.90 Å². The number of likely N-dealkylation sites (tertiary alicyclic amines) is 2. The van der Waals surface area contributed by atoms with Crippen LogP contribution in [0.5, 0.6) is 0 Å². The molecule has 1 atom stereocenters. The molecule has 0 saturated carbocycles. The predicted octanol–water partition coefficient (Wildman–Crippen LogP) is 1.19. The first-order valence-corrected chi connectivity index (χ1v) is 8.41. The van der Waals surface area contributed by atoms with Crippen molar-refractivity contribution in [3.8, 4) is 0 Å². The van der Waals surface area contributed by atoms with Gasteiger partial charge < -0.3 is 14.6 Å². The van der Waals surface area contributed by atoms with Crippen molar-refractivity contribution in [2.75, 3.05) is 32.7 Å². The maximum Gasteiger partial charge on any atom is 0.0945 e. The molecule has 0 aromatic carbocycles. The van der Waals surface area contributed by atoms with Crippen molar-refractivity contribution in [1.82, 2.24) is 19.4 Å². The van der Waals surface area contributed by atoms with Crippen LogP contribution in [0.1, 0.15) is 32.1 Å². The first-order valence-electron chi connectivity index (χ1n) is 8.41. The minimum Gasteiger partial charge on any atom is -0.392 e. The fourth-order valence-corrected chi connectivity index (χ4v) is 3.72. The summed E-state index contributed by atoms with van der Waals surface area (Å²) >= 11 is 0. The molecule has 0 radical (unpaired) electrons. The van der Waals surface area contributed by atoms with Gasteiger partial charge in [-0.25, -0.2) is 4.98 Å². The largest absolute Gasteiger partial charge is 0.392 e. The molecule has 0 aliphatic carbocycles. The van der Waals surface area contributed by atoms with Crippen LogP contribution in [0.25, 0.3) is 0 Å². The van der Waals surface area contributed by atoms with Crippen LogP contribution >= 0.6 is 0 Å². The lowest BCUT2D eigenvalue weighted by atomic mass is 9.99. The first-order chi connectivity index (χ1) is 10.3. The molecule has 5 heteroatoms. The number of hydrogen-bond donors (Lipinski definition) is 1. The molecule has 3 rings (SSSR count). The molecule has 2 saturated heterocycles. The monoisotopic (exact) mass is 292 g/mol. The molecule has 0 unspecified atom stereocenters. The number of aliphatic hydroxyl groups excluding tert-OH is 1. The van der Waals surface area contributed by atoms with Crippen molar-refractivity contribution in [1.29, 1.82) is 0 Å². The number of rotatable bonds is 5. The zero-order valence-electron chi connectivity index (χ0n) is 12.9. The van der Waals surface area contributed by atoms with Gasteiger partial charge in [0.1, 0.15) is 0 Å². The van der Waals surface area contributed by atoms with Gasteiger partial charge in [-0.1, -0.05) is 0 Å². The summed E-state index contributed by atoms with van der Waals surface area (Å²) in [6, 6.07) is 0.699. The Morgan fingerprint density at radius 3 is 2.67 bits per heavy atom. The summed E-state index contributed by atoms with van der Waals surface area (Å²) in [5.74, 6) is 0. The molecule has 1 aromatic heterocycles. The highest BCUT2D eigenvalue weighted by Gasteiger charge is 2.27. The van der Waals surface area contributed by atoms with Crippen molar-refractivity contribution in [3.63, 3.8) is 0 Å². The van der Waals surface area contributed by atoms with Crippen molar-refractivity contribution in [2.45, 2.75) is 50.8 Å². The summed E-state index contributed by atoms with van der Waals surface area (Å²) in [7, 11) is 0. The third kappa shape index (κ3) is 4.28. The van der Waals surface area contributed by atoms with E-state index in [0.29, 0.717) is 6.04 Å². The Morgan fingerprint density at radius 1 is 1.10 bits per heavy atom. The third-order valence-corrected chi connectivity index (χ3v) is 4.95. The highest BCUT2D eigenvalue weighted by atomic mass is 16.3. The topological polar surface area (TPSA) is 44.5 Å². The molecule has 2 fully saturated rings. The summed E-state index contributed by atoms with van der Waals surface area (Å²) in [5.41, 5.74) is 0. The van der Waals surface area contributed by atoms with E-state index in [4.69, 9.17) is 0 Å². The standard InChI is InChI=1S/C16H28N4O/c21-16-3-1-9-20(13-16)15-4-10-18(11-5-15)7-2-8-19-12-6-17-14-19/h6,12,14-16,21H,1-5,7-11,13H2/t16-/m0/s1. The molecule has 0 bridgehead atoms. The summed E-state index contributed by atoms with van der Waals surface area (Å²) < 4.78 is 2.15. The second-order valence-corrected chi connectivity index (χ2v) is 6.52. The number of imidazole rings is 1. The number of β-amino-alcohol motifs (C(OH)–C–C–N with tert-alkyl or cyclic N) is 1. The Labute approximate surface area is 127 Å². The van der Waals surface area contributed by atoms with Crippen LogP contribution in [0.2, 0.25) is 0 Å². The molecule has 1 aromatic rings. The fraction of sp³-hybridized carbons (Fsp3) is 0.812. The molecule has 2 aliphatic rings. The molecule has 3 heterocycles. The molecule has 0 amide bonds. The zero-order chi connectivity index (χ0) is 14.5. The molecular weight excluding hydrogens is 264 g/mol. The Kier molecular flexibility index (Phi) is 5.27. The quantitative estimate of drug-likeness (QED) is 0.885. The SMILES string of the molecule is O[C@H]1CCCN(C2CCN(CCCn3ccnc3)CC2)C1. The number of piperidine rings is 2. The molecule has 118 valence electrons. The summed E-state index contributed by atoms with van der Waals surface area (Å²) in [5, 5.41) is 9.81. The second kappa shape index (κ2) is 7.38. The Hall–Kier alpha value is -0.910. The maximum atomic E-state index is 9.81. The van der Waals surface area contributed by atoms with Gasteiger partial charge >= 0.3 is 0 Å². The van der Waals surface area contributed by atoms with E-state index in [0.717, 1.165) is 25.9 Å². The number of aromatic nitrogens is 2. The van der Waals surface area contributed by atoms with Crippen LogP contribution in [-0.2, 0) is 6.54 Å². The van der Waals surface area contributed by atoms with E-state index in [1.807, 2.05) is 18.7 Å². The average Bonchev–Trinajstić information content (AvgIpc) is 3.01. The molecule has 2 aliphatic heterocycles. The highest BCUT2D eigenvalue weighted by Crippen LogP contribution is 2.21. The number of hydrogen-bond acceptors (Lipinski definition) is 4. The average molecular weight is 292 g/mol. The Bertz CT molecular complexity index is 400. The van der Waals surface area contributed by atoms with E-state index in [2.05, 4.69) is 19.4 Å². The van der Waals surface area contributed by atoms with Gasteiger partial charge in [0.15, 0.2) is 0 Å². The van der Waals surface area contributed by atoms with Gasteiger partial charge in [0.25, 0.3) is 0 Å². The molecule has 21 heavy (non-hydrogen) atoms. The van der Waals surface area contributed by atoms with Crippen molar-refractivity contribution in [2.24, 2.45) is 0 Å². The third-order valence-electron chi connectivity index (χ3n) is 4.95. The van der Waals surface area contributed by atoms with Gasteiger partial charge in [-0.2, -0.15) is 0 Å². The maximum absolute atomic E-state index is 9.81. The summed E-state index contributed by atoms with van der Waals surface area (Å²) in [6.07, 6.45) is 11.6. The van der Waals surface area contributed by atoms with Crippen LogP contribution in [-0.4, -0.2) is 69.3 Å². The van der Waals surface area contributed by atoms with Gasteiger partial charge in [-0.15, -0.1) is 0 Å². The normalized spacial score (nSPS) is 26.2. The molecule has 1 N–H and O–H groups in total. The minimum atomic E-state index is -0.0908. The van der Waals surface area contributed by atoms with Crippen LogP contribution in [0, 0.1) is 0 Å². The fourth-order valence-electron chi connectivity index (χ4n) is 3.72. The molecular formula is C16H28N4O. The van der Waals surface area contributed by atoms with E-state index >= 15 is 0 Å². The number of aliphatic hydroxyl groups is 1. The lowest BCUT2D eigenvalue weighted by Gasteiger charge is -2.41. The zero-order valence-corrected chi connectivity index (χ0v) is 12.9. The van der Waals surface area contributed by atoms with Crippen molar-refractivity contribution in [3.05, 3.63) is 18.7 Å². The van der Waals surface area contributed by atoms with E-state index < -0.39 is 0 Å². The first kappa shape index (κ1) is 15.0. The van der Waals surface area contributed by atoms with Gasteiger partial charge in [0.2, 0.25) is 0 Å². The minimum absolute atomic E-state index is 0.0908. The van der Waals surface area contributed by atoms with E-state index in [1.54, 1.807) is 0 Å². The van der Waals surface area contributed by atoms with E-state index in [-0.39, 0.29) is 6.10 Å². The Morgan fingerprint density at radius 2 is 1.95 bits per heavy atom. The van der Waals surface area contributed by atoms with Crippen LogP contribution < -0.4 is 0 Å². The van der Waals surface area contributed by atoms with Gasteiger partial charge in [-0.05, 0) is 58.3 Å². The number of aryl methyl sites for hydroxylation is 1. The van der Waals surface area contributed by atoms with Gasteiger partial charge in [0.05, 0.1) is 12.4 Å².